The van der Waals surface area contributed by atoms with Crippen molar-refractivity contribution < 1.29 is 28.0 Å². The van der Waals surface area contributed by atoms with E-state index in [1.54, 1.807) is 0 Å². The summed E-state index contributed by atoms with van der Waals surface area (Å²) in [7, 11) is -4.56. The number of aryl methyl sites for hydroxylation is 2. The molecule has 3 aliphatic rings. The molecule has 0 atom stereocenters. The van der Waals surface area contributed by atoms with Gasteiger partial charge in [0.1, 0.15) is 23.0 Å². The van der Waals surface area contributed by atoms with Crippen molar-refractivity contribution in [3.05, 3.63) is 95.1 Å². The number of hydrogen-bond donors (Lipinski definition) is 1. The van der Waals surface area contributed by atoms with Gasteiger partial charge in [-0.15, -0.1) is 0 Å². The van der Waals surface area contributed by atoms with Gasteiger partial charge in [0.05, 0.1) is 12.2 Å². The van der Waals surface area contributed by atoms with Crippen molar-refractivity contribution in [3.63, 3.8) is 0 Å². The van der Waals surface area contributed by atoms with E-state index >= 15 is 0 Å². The van der Waals surface area contributed by atoms with E-state index in [-0.39, 0.29) is 17.6 Å². The molecule has 0 amide bonds. The summed E-state index contributed by atoms with van der Waals surface area (Å²) in [6.45, 7) is 7.97. The van der Waals surface area contributed by atoms with Crippen molar-refractivity contribution in [2.45, 2.75) is 71.0 Å². The second kappa shape index (κ2) is 9.93. The molecular weight excluding hydrogens is 547 g/mol. The smallest absolute Gasteiger partial charge is 0.491 e. The Morgan fingerprint density at radius 2 is 1.07 bits per heavy atom. The summed E-state index contributed by atoms with van der Waals surface area (Å²) in [6.07, 6.45) is 3.66. The van der Waals surface area contributed by atoms with Crippen molar-refractivity contribution in [1.82, 2.24) is 0 Å². The fourth-order valence-corrected chi connectivity index (χ4v) is 7.90. The second-order valence-corrected chi connectivity index (χ2v) is 13.4. The van der Waals surface area contributed by atoms with Gasteiger partial charge in [-0.05, 0) is 99.9 Å². The Morgan fingerprint density at radius 1 is 0.667 bits per heavy atom. The molecule has 216 valence electrons. The Morgan fingerprint density at radius 3 is 1.45 bits per heavy atom. The Kier molecular flexibility index (Phi) is 6.41. The summed E-state index contributed by atoms with van der Waals surface area (Å²) in [4.78, 5) is 11.3. The summed E-state index contributed by atoms with van der Waals surface area (Å²) < 4.78 is 37.7. The number of phosphoric acid groups is 1. The highest BCUT2D eigenvalue weighted by Crippen LogP contribution is 2.65. The minimum Gasteiger partial charge on any atom is -0.491 e. The molecule has 2 aliphatic carbocycles. The highest BCUT2D eigenvalue weighted by Gasteiger charge is 2.52. The zero-order valence-corrected chi connectivity index (χ0v) is 25.2. The molecule has 1 spiro atoms. The molecule has 0 saturated carbocycles. The molecule has 42 heavy (non-hydrogen) atoms. The van der Waals surface area contributed by atoms with Crippen molar-refractivity contribution in [2.75, 3.05) is 0 Å². The van der Waals surface area contributed by atoms with E-state index in [0.29, 0.717) is 11.5 Å². The Bertz CT molecular complexity index is 1600. The molecule has 1 heterocycles. The molecule has 4 aromatic carbocycles. The quantitative estimate of drug-likeness (QED) is 0.229. The van der Waals surface area contributed by atoms with Crippen LogP contribution in [-0.4, -0.2) is 17.1 Å². The molecule has 0 aromatic heterocycles. The number of rotatable bonds is 6. The molecule has 0 radical (unpaired) electrons. The SMILES string of the molecule is CC(C)Oc1ccc(-c2ccc3c4c2OP(=O)(O)Oc2c(-c5ccc(OC(C)C)cc5)ccc5c2C4(CC3)CC5)cc1. The zero-order chi connectivity index (χ0) is 29.2. The maximum atomic E-state index is 13.8. The lowest BCUT2D eigenvalue weighted by Crippen LogP contribution is -2.25. The highest BCUT2D eigenvalue weighted by atomic mass is 31.2. The fourth-order valence-electron chi connectivity index (χ4n) is 7.02. The summed E-state index contributed by atoms with van der Waals surface area (Å²) >= 11 is 0. The van der Waals surface area contributed by atoms with Crippen molar-refractivity contribution >= 4 is 7.82 Å². The predicted molar refractivity (Wildman–Crippen MR) is 164 cm³/mol. The molecule has 1 aliphatic heterocycles. The van der Waals surface area contributed by atoms with Crippen LogP contribution in [0.5, 0.6) is 23.0 Å². The van der Waals surface area contributed by atoms with E-state index in [4.69, 9.17) is 18.5 Å². The van der Waals surface area contributed by atoms with E-state index in [1.165, 1.54) is 0 Å². The standard InChI is InChI=1S/C35H35O6P/c1-21(2)38-27-11-5-23(6-12-27)29-15-9-25-17-19-35-20-18-26-10-16-30(24-7-13-28(14-8-24)39-22(3)4)34(32(26)35)41-42(36,37)40-33(29)31(25)35/h5-16,21-22H,17-20H2,1-4H3,(H,36,37). The monoisotopic (exact) mass is 582 g/mol. The third-order valence-electron chi connectivity index (χ3n) is 8.57. The zero-order valence-electron chi connectivity index (χ0n) is 24.3. The summed E-state index contributed by atoms with van der Waals surface area (Å²) in [5.41, 5.74) is 7.35. The third kappa shape index (κ3) is 4.49. The molecule has 7 rings (SSSR count). The van der Waals surface area contributed by atoms with Crippen molar-refractivity contribution in [2.24, 2.45) is 0 Å². The lowest BCUT2D eigenvalue weighted by atomic mass is 9.74. The van der Waals surface area contributed by atoms with Crippen LogP contribution in [0.1, 0.15) is 62.8 Å². The maximum Gasteiger partial charge on any atom is 0.584 e. The van der Waals surface area contributed by atoms with Gasteiger partial charge in [-0.2, -0.15) is 0 Å². The van der Waals surface area contributed by atoms with E-state index in [0.717, 1.165) is 81.7 Å². The molecule has 7 heteroatoms. The van der Waals surface area contributed by atoms with Gasteiger partial charge >= 0.3 is 7.82 Å². The lowest BCUT2D eigenvalue weighted by molar-refractivity contribution is 0.242. The van der Waals surface area contributed by atoms with Crippen LogP contribution in [-0.2, 0) is 22.8 Å². The molecule has 1 N–H and O–H groups in total. The normalized spacial score (nSPS) is 17.1. The number of hydrogen-bond acceptors (Lipinski definition) is 5. The van der Waals surface area contributed by atoms with Crippen LogP contribution in [0.4, 0.5) is 0 Å². The lowest BCUT2D eigenvalue weighted by Gasteiger charge is -2.34. The summed E-state index contributed by atoms with van der Waals surface area (Å²) in [6, 6.07) is 23.9. The molecular formula is C35H35O6P. The van der Waals surface area contributed by atoms with Crippen molar-refractivity contribution in [1.29, 1.82) is 0 Å². The van der Waals surface area contributed by atoms with Gasteiger partial charge in [-0.1, -0.05) is 48.5 Å². The topological polar surface area (TPSA) is 74.2 Å². The molecule has 0 unspecified atom stereocenters. The highest BCUT2D eigenvalue weighted by molar-refractivity contribution is 7.48. The number of ether oxygens (including phenoxy) is 2. The van der Waals surface area contributed by atoms with E-state index in [9.17, 15) is 9.46 Å². The number of benzene rings is 4. The molecule has 0 saturated heterocycles. The Labute approximate surface area is 246 Å². The number of phosphoric ester groups is 1. The minimum absolute atomic E-state index is 0.0673. The van der Waals surface area contributed by atoms with Crippen LogP contribution in [0.25, 0.3) is 22.3 Å². The average Bonchev–Trinajstić information content (AvgIpc) is 3.50. The van der Waals surface area contributed by atoms with Gasteiger partial charge in [0, 0.05) is 27.7 Å². The largest absolute Gasteiger partial charge is 0.584 e. The summed E-state index contributed by atoms with van der Waals surface area (Å²) in [5, 5.41) is 0. The predicted octanol–water partition coefficient (Wildman–Crippen LogP) is 8.65. The van der Waals surface area contributed by atoms with Crippen molar-refractivity contribution in [3.8, 4) is 45.3 Å². The van der Waals surface area contributed by atoms with Gasteiger partial charge in [0.15, 0.2) is 0 Å². The van der Waals surface area contributed by atoms with Crippen LogP contribution >= 0.6 is 7.82 Å². The Hall–Kier alpha value is -3.73. The molecule has 4 aromatic rings. The van der Waals surface area contributed by atoms with E-state index in [2.05, 4.69) is 12.1 Å². The third-order valence-corrected chi connectivity index (χ3v) is 9.40. The van der Waals surface area contributed by atoms with Crippen LogP contribution in [0.3, 0.4) is 0 Å². The van der Waals surface area contributed by atoms with E-state index in [1.807, 2.05) is 88.4 Å². The molecule has 6 nitrogen and oxygen atoms in total. The summed E-state index contributed by atoms with van der Waals surface area (Å²) in [5.74, 6) is 2.45. The fraction of sp³-hybridized carbons (Fsp3) is 0.314. The Balaban J connectivity index is 1.40. The van der Waals surface area contributed by atoms with Gasteiger partial charge in [-0.25, -0.2) is 4.57 Å². The van der Waals surface area contributed by atoms with Gasteiger partial charge in [0.25, 0.3) is 0 Å². The van der Waals surface area contributed by atoms with Gasteiger partial charge < -0.3 is 18.5 Å². The van der Waals surface area contributed by atoms with Gasteiger partial charge in [-0.3, -0.25) is 4.89 Å². The van der Waals surface area contributed by atoms with Crippen LogP contribution in [0.2, 0.25) is 0 Å². The molecule has 0 bridgehead atoms. The first-order chi connectivity index (χ1) is 20.1. The minimum atomic E-state index is -4.56. The average molecular weight is 583 g/mol. The maximum absolute atomic E-state index is 13.8. The first kappa shape index (κ1) is 27.1. The first-order valence-electron chi connectivity index (χ1n) is 14.7. The van der Waals surface area contributed by atoms with E-state index < -0.39 is 7.82 Å². The van der Waals surface area contributed by atoms with Crippen LogP contribution in [0, 0.1) is 0 Å². The van der Waals surface area contributed by atoms with Crippen LogP contribution < -0.4 is 18.5 Å². The van der Waals surface area contributed by atoms with Crippen LogP contribution in [0.15, 0.2) is 72.8 Å². The van der Waals surface area contributed by atoms with Gasteiger partial charge in [0.2, 0.25) is 0 Å². The second-order valence-electron chi connectivity index (χ2n) is 12.1. The first-order valence-corrected chi connectivity index (χ1v) is 16.2. The molecule has 0 fully saturated rings.